The summed E-state index contributed by atoms with van der Waals surface area (Å²) in [6, 6.07) is 0.637. The first-order chi connectivity index (χ1) is 12.0. The molecule has 1 aliphatic rings. The number of aromatic nitrogens is 2. The zero-order chi connectivity index (χ0) is 18.2. The van der Waals surface area contributed by atoms with E-state index in [0.717, 1.165) is 27.9 Å². The van der Waals surface area contributed by atoms with Crippen molar-refractivity contribution in [2.75, 3.05) is 18.1 Å². The molecule has 0 unspecified atom stereocenters. The van der Waals surface area contributed by atoms with Crippen LogP contribution in [0.2, 0.25) is 0 Å². The Bertz CT molecular complexity index is 571. The molecule has 1 fully saturated rings. The van der Waals surface area contributed by atoms with Gasteiger partial charge in [0.15, 0.2) is 8.68 Å². The van der Waals surface area contributed by atoms with Gasteiger partial charge >= 0.3 is 0 Å². The molecule has 2 atom stereocenters. The second-order valence-electron chi connectivity index (χ2n) is 6.19. The Hall–Kier alpha value is -0.800. The number of hydrogen-bond donors (Lipinski definition) is 1. The van der Waals surface area contributed by atoms with Gasteiger partial charge in [-0.2, -0.15) is 0 Å². The van der Waals surface area contributed by atoms with Crippen molar-refractivity contribution < 1.29 is 9.59 Å². The molecule has 140 valence electrons. The second kappa shape index (κ2) is 10.4. The fraction of sp³-hybridized carbons (Fsp3) is 0.750. The predicted molar refractivity (Wildman–Crippen MR) is 104 cm³/mol. The number of carbonyl (C=O) groups excluding carboxylic acids is 2. The number of carbonyl (C=O) groups is 2. The van der Waals surface area contributed by atoms with Gasteiger partial charge < -0.3 is 10.2 Å². The van der Waals surface area contributed by atoms with Crippen LogP contribution in [-0.2, 0) is 9.59 Å². The average molecular weight is 403 g/mol. The topological polar surface area (TPSA) is 75.2 Å². The Kier molecular flexibility index (Phi) is 8.51. The summed E-state index contributed by atoms with van der Waals surface area (Å²) in [5, 5.41) is 11.0. The molecule has 0 aromatic carbocycles. The van der Waals surface area contributed by atoms with Crippen LogP contribution in [0.1, 0.15) is 46.5 Å². The van der Waals surface area contributed by atoms with Crippen LogP contribution in [0, 0.1) is 0 Å². The van der Waals surface area contributed by atoms with Gasteiger partial charge in [0.25, 0.3) is 0 Å². The number of nitrogens with one attached hydrogen (secondary N) is 1. The smallest absolute Gasteiger partial charge is 0.233 e. The van der Waals surface area contributed by atoms with E-state index in [9.17, 15) is 9.59 Å². The molecule has 1 aliphatic heterocycles. The van der Waals surface area contributed by atoms with Crippen molar-refractivity contribution in [3.63, 3.8) is 0 Å². The minimum atomic E-state index is 0.0134. The molecule has 0 aliphatic carbocycles. The third kappa shape index (κ3) is 6.45. The Balaban J connectivity index is 1.77. The van der Waals surface area contributed by atoms with Gasteiger partial charge in [-0.1, -0.05) is 41.8 Å². The van der Waals surface area contributed by atoms with Crippen LogP contribution in [0.15, 0.2) is 8.68 Å². The van der Waals surface area contributed by atoms with E-state index in [1.54, 1.807) is 0 Å². The molecule has 6 nitrogen and oxygen atoms in total. The molecule has 2 heterocycles. The summed E-state index contributed by atoms with van der Waals surface area (Å²) in [5.74, 6) is 0.930. The molecule has 0 bridgehead atoms. The van der Waals surface area contributed by atoms with Crippen molar-refractivity contribution in [3.05, 3.63) is 0 Å². The molecule has 0 spiro atoms. The van der Waals surface area contributed by atoms with Crippen molar-refractivity contribution >= 4 is 46.7 Å². The molecule has 1 aromatic heterocycles. The summed E-state index contributed by atoms with van der Waals surface area (Å²) in [6.07, 6.45) is 4.29. The first kappa shape index (κ1) is 20.5. The Morgan fingerprint density at radius 1 is 1.16 bits per heavy atom. The monoisotopic (exact) mass is 402 g/mol. The highest BCUT2D eigenvalue weighted by Gasteiger charge is 2.28. The van der Waals surface area contributed by atoms with Crippen molar-refractivity contribution in [1.82, 2.24) is 20.4 Å². The molecule has 1 aromatic rings. The van der Waals surface area contributed by atoms with Crippen LogP contribution >= 0.6 is 34.9 Å². The van der Waals surface area contributed by atoms with Crippen LogP contribution in [0.4, 0.5) is 0 Å². The van der Waals surface area contributed by atoms with E-state index < -0.39 is 0 Å². The number of rotatable bonds is 8. The summed E-state index contributed by atoms with van der Waals surface area (Å²) < 4.78 is 1.54. The number of hydrogen-bond acceptors (Lipinski definition) is 7. The Labute approximate surface area is 161 Å². The minimum Gasteiger partial charge on any atom is -0.355 e. The van der Waals surface area contributed by atoms with Crippen molar-refractivity contribution in [2.24, 2.45) is 0 Å². The summed E-state index contributed by atoms with van der Waals surface area (Å²) in [4.78, 5) is 26.1. The normalized spacial score (nSPS) is 20.5. The van der Waals surface area contributed by atoms with E-state index in [-0.39, 0.29) is 11.8 Å². The van der Waals surface area contributed by atoms with E-state index in [4.69, 9.17) is 0 Å². The fourth-order valence-corrected chi connectivity index (χ4v) is 5.59. The summed E-state index contributed by atoms with van der Waals surface area (Å²) in [6.45, 7) is 6.98. The molecule has 0 radical (unpaired) electrons. The molecule has 9 heteroatoms. The molecule has 2 amide bonds. The molecule has 2 rings (SSSR count). The predicted octanol–water partition coefficient (Wildman–Crippen LogP) is 3.04. The van der Waals surface area contributed by atoms with Crippen molar-refractivity contribution in [3.8, 4) is 0 Å². The number of thioether (sulfide) groups is 2. The highest BCUT2D eigenvalue weighted by atomic mass is 32.2. The standard InChI is InChI=1S/C16H26N4O2S3/c1-4-8-17-13(21)9-23-15-18-19-16(25-15)24-10-14(22)20-11(2)6-5-7-12(20)3/h11-12H,4-10H2,1-3H3,(H,17,21)/t11-,12-/m1/s1. The van der Waals surface area contributed by atoms with Crippen LogP contribution in [0.25, 0.3) is 0 Å². The van der Waals surface area contributed by atoms with E-state index in [2.05, 4.69) is 29.4 Å². The summed E-state index contributed by atoms with van der Waals surface area (Å²) >= 11 is 4.26. The lowest BCUT2D eigenvalue weighted by Gasteiger charge is -2.39. The molecule has 0 saturated carbocycles. The zero-order valence-corrected chi connectivity index (χ0v) is 17.4. The van der Waals surface area contributed by atoms with Crippen LogP contribution < -0.4 is 5.32 Å². The number of nitrogens with zero attached hydrogens (tertiary/aromatic N) is 3. The molecule has 1 N–H and O–H groups in total. The summed E-state index contributed by atoms with van der Waals surface area (Å²) in [5.41, 5.74) is 0. The van der Waals surface area contributed by atoms with E-state index in [0.29, 0.717) is 30.1 Å². The molecule has 25 heavy (non-hydrogen) atoms. The third-order valence-electron chi connectivity index (χ3n) is 4.09. The van der Waals surface area contributed by atoms with E-state index in [1.165, 1.54) is 41.3 Å². The Morgan fingerprint density at radius 3 is 2.36 bits per heavy atom. The lowest BCUT2D eigenvalue weighted by atomic mass is 9.98. The molecule has 1 saturated heterocycles. The van der Waals surface area contributed by atoms with Crippen molar-refractivity contribution in [2.45, 2.75) is 67.2 Å². The maximum atomic E-state index is 12.5. The quantitative estimate of drug-likeness (QED) is 0.674. The minimum absolute atomic E-state index is 0.0134. The molecular weight excluding hydrogens is 376 g/mol. The largest absolute Gasteiger partial charge is 0.355 e. The lowest BCUT2D eigenvalue weighted by molar-refractivity contribution is -0.134. The fourth-order valence-electron chi connectivity index (χ4n) is 2.87. The van der Waals surface area contributed by atoms with Crippen LogP contribution in [-0.4, -0.2) is 57.0 Å². The highest BCUT2D eigenvalue weighted by Crippen LogP contribution is 2.30. The Morgan fingerprint density at radius 2 is 1.76 bits per heavy atom. The number of likely N-dealkylation sites (tertiary alicyclic amines) is 1. The van der Waals surface area contributed by atoms with Gasteiger partial charge in [0.2, 0.25) is 11.8 Å². The van der Waals surface area contributed by atoms with E-state index in [1.807, 2.05) is 11.8 Å². The van der Waals surface area contributed by atoms with Gasteiger partial charge in [-0.05, 0) is 39.5 Å². The van der Waals surface area contributed by atoms with Gasteiger partial charge in [0.05, 0.1) is 11.5 Å². The van der Waals surface area contributed by atoms with Crippen LogP contribution in [0.5, 0.6) is 0 Å². The molecular formula is C16H26N4O2S3. The second-order valence-corrected chi connectivity index (χ2v) is 9.61. The van der Waals surface area contributed by atoms with Gasteiger partial charge in [-0.3, -0.25) is 9.59 Å². The maximum absolute atomic E-state index is 12.5. The SMILES string of the molecule is CCCNC(=O)CSc1nnc(SCC(=O)N2[C@H](C)CCC[C@H]2C)s1. The van der Waals surface area contributed by atoms with E-state index >= 15 is 0 Å². The number of piperidine rings is 1. The third-order valence-corrected chi connectivity index (χ3v) is 7.26. The number of amides is 2. The lowest BCUT2D eigenvalue weighted by Crippen LogP contribution is -2.48. The van der Waals surface area contributed by atoms with Crippen molar-refractivity contribution in [1.29, 1.82) is 0 Å². The average Bonchev–Trinajstić information content (AvgIpc) is 3.04. The van der Waals surface area contributed by atoms with Gasteiger partial charge in [0.1, 0.15) is 0 Å². The van der Waals surface area contributed by atoms with Gasteiger partial charge in [0, 0.05) is 18.6 Å². The maximum Gasteiger partial charge on any atom is 0.233 e. The van der Waals surface area contributed by atoms with Gasteiger partial charge in [-0.25, -0.2) is 0 Å². The van der Waals surface area contributed by atoms with Crippen LogP contribution in [0.3, 0.4) is 0 Å². The first-order valence-corrected chi connectivity index (χ1v) is 11.5. The highest BCUT2D eigenvalue weighted by molar-refractivity contribution is 8.03. The summed E-state index contributed by atoms with van der Waals surface area (Å²) in [7, 11) is 0. The zero-order valence-electron chi connectivity index (χ0n) is 15.0. The van der Waals surface area contributed by atoms with Gasteiger partial charge in [-0.15, -0.1) is 10.2 Å². The first-order valence-electron chi connectivity index (χ1n) is 8.68.